The number of phenols is 1. The summed E-state index contributed by atoms with van der Waals surface area (Å²) in [5.74, 6) is 2.84. The van der Waals surface area contributed by atoms with Crippen LogP contribution in [0.15, 0.2) is 99.5 Å². The van der Waals surface area contributed by atoms with Crippen molar-refractivity contribution in [2.75, 3.05) is 35.0 Å². The fraction of sp³-hybridized carbons (Fsp3) is 0.195. The molecule has 7 rings (SSSR count). The van der Waals surface area contributed by atoms with Gasteiger partial charge in [0.2, 0.25) is 6.54 Å². The number of carbonyl (C=O) groups is 2. The van der Waals surface area contributed by atoms with Gasteiger partial charge in [0, 0.05) is 58.2 Å². The Labute approximate surface area is 335 Å². The van der Waals surface area contributed by atoms with E-state index in [0.717, 1.165) is 43.7 Å². The Morgan fingerprint density at radius 3 is 2.02 bits per heavy atom. The van der Waals surface area contributed by atoms with Crippen molar-refractivity contribution in [3.63, 3.8) is 0 Å². The molecule has 2 aromatic heterocycles. The van der Waals surface area contributed by atoms with Gasteiger partial charge in [-0.1, -0.05) is 12.1 Å². The van der Waals surface area contributed by atoms with Gasteiger partial charge in [-0.2, -0.15) is 0 Å². The molecule has 1 unspecified atom stereocenters. The lowest BCUT2D eigenvalue weighted by Gasteiger charge is -2.29. The van der Waals surface area contributed by atoms with Crippen molar-refractivity contribution >= 4 is 65.7 Å². The summed E-state index contributed by atoms with van der Waals surface area (Å²) in [6, 6.07) is 20.2. The van der Waals surface area contributed by atoms with Gasteiger partial charge in [0.25, 0.3) is 0 Å². The molecule has 55 heavy (non-hydrogen) atoms. The zero-order chi connectivity index (χ0) is 40.2. The minimum absolute atomic E-state index is 0.115. The number of benzene rings is 4. The predicted molar refractivity (Wildman–Crippen MR) is 220 cm³/mol. The van der Waals surface area contributed by atoms with E-state index in [-0.39, 0.29) is 11.7 Å². The molecule has 0 bridgehead atoms. The first-order chi connectivity index (χ1) is 26.5. The molecule has 5 N–H and O–H groups in total. The largest absolute Gasteiger partial charge is 0.507 e. The Kier molecular flexibility index (Phi) is 14.8. The number of aromatic nitrogens is 2. The molecule has 1 atom stereocenters. The average Bonchev–Trinajstić information content (AvgIpc) is 3.88. The first-order valence-electron chi connectivity index (χ1n) is 16.6. The van der Waals surface area contributed by atoms with Crippen LogP contribution >= 0.6 is 31.9 Å². The molecule has 3 heterocycles. The molecule has 0 aliphatic carbocycles. The monoisotopic (exact) mass is 874 g/mol. The van der Waals surface area contributed by atoms with Crippen LogP contribution in [0.25, 0.3) is 26.7 Å². The highest BCUT2D eigenvalue weighted by Crippen LogP contribution is 2.48. The quantitative estimate of drug-likeness (QED) is 0.0905. The third kappa shape index (κ3) is 9.43. The maximum Gasteiger partial charge on any atom is 0.211 e. The second kappa shape index (κ2) is 19.4. The number of aromatic hydroxyl groups is 1. The Morgan fingerprint density at radius 1 is 0.891 bits per heavy atom. The Morgan fingerprint density at radius 2 is 1.47 bits per heavy atom. The van der Waals surface area contributed by atoms with Gasteiger partial charge in [0.1, 0.15) is 17.8 Å². The highest BCUT2D eigenvalue weighted by molar-refractivity contribution is 9.11. The number of hydrogen-bond acceptors (Lipinski definition) is 9. The van der Waals surface area contributed by atoms with E-state index in [1.54, 1.807) is 39.5 Å². The van der Waals surface area contributed by atoms with Crippen LogP contribution < -0.4 is 29.4 Å². The number of methoxy groups -OCH3 is 4. The molecule has 0 radical (unpaired) electrons. The summed E-state index contributed by atoms with van der Waals surface area (Å²) >= 11 is 6.81. The number of allylic oxidation sites excluding steroid dienone is 1. The summed E-state index contributed by atoms with van der Waals surface area (Å²) in [5, 5.41) is 11.0. The number of phenolic OH excluding ortho intramolecular Hbond substituents is 1. The number of carbonyl (C=O) groups excluding carboxylic acids is 2. The number of H-pyrrole nitrogens is 2. The highest BCUT2D eigenvalue weighted by Gasteiger charge is 2.35. The number of fused-ring (bicyclic) bond motifs is 4. The number of nitrogens with one attached hydrogen (secondary N) is 2. The lowest BCUT2D eigenvalue weighted by Crippen LogP contribution is -2.25. The molecular weight excluding hydrogens is 836 g/mol. The molecule has 0 saturated heterocycles. The van der Waals surface area contributed by atoms with Gasteiger partial charge >= 0.3 is 0 Å². The fourth-order valence-corrected chi connectivity index (χ4v) is 7.07. The number of nitrogens with zero attached hydrogens (tertiary/aromatic N) is 1. The van der Waals surface area contributed by atoms with E-state index in [9.17, 15) is 14.7 Å². The number of Topliss-reactive ketones (excluding diaryl/α,β-unsaturated/α-hetero) is 1. The molecular formula is C41H40Br2N4O8. The van der Waals surface area contributed by atoms with Crippen LogP contribution in [0.2, 0.25) is 0 Å². The molecule has 0 amide bonds. The fourth-order valence-electron chi connectivity index (χ4n) is 5.83. The molecule has 12 nitrogen and oxygen atoms in total. The van der Waals surface area contributed by atoms with Crippen molar-refractivity contribution in [3.8, 4) is 34.5 Å². The van der Waals surface area contributed by atoms with Crippen LogP contribution in [0, 0.1) is 6.57 Å². The molecule has 6 aromatic rings. The zero-order valence-electron chi connectivity index (χ0n) is 31.0. The van der Waals surface area contributed by atoms with E-state index < -0.39 is 5.92 Å². The average molecular weight is 877 g/mol. The zero-order valence-corrected chi connectivity index (χ0v) is 34.1. The van der Waals surface area contributed by atoms with Crippen LogP contribution in [0.1, 0.15) is 41.3 Å². The van der Waals surface area contributed by atoms with Gasteiger partial charge in [-0.05, 0) is 98.9 Å². The molecule has 0 spiro atoms. The number of halogens is 2. The summed E-state index contributed by atoms with van der Waals surface area (Å²) in [4.78, 5) is 32.2. The second-order valence-corrected chi connectivity index (χ2v) is 13.3. The first kappa shape index (κ1) is 41.8. The van der Waals surface area contributed by atoms with E-state index in [1.165, 1.54) is 14.0 Å². The van der Waals surface area contributed by atoms with E-state index >= 15 is 0 Å². The molecule has 286 valence electrons. The number of aldehydes is 1. The summed E-state index contributed by atoms with van der Waals surface area (Å²) in [6.07, 6.45) is 4.41. The molecule has 1 aliphatic heterocycles. The van der Waals surface area contributed by atoms with Crippen molar-refractivity contribution in [3.05, 3.63) is 128 Å². The SMILES string of the molecule is COc1cc(C2C(C(C)=O)=C(N)Oc3c2ccc2[nH]ccc32)cc(Br)c1OC.COc1cc(C=O)cc(Br)c1OC.Oc1cccc2[nH]ccc12.[C-]#[N+]CC. The number of hydrogen-bond donors (Lipinski definition) is 4. The number of ether oxygens (including phenoxy) is 5. The van der Waals surface area contributed by atoms with E-state index in [0.29, 0.717) is 56.7 Å². The third-order valence-electron chi connectivity index (χ3n) is 8.28. The van der Waals surface area contributed by atoms with Crippen LogP contribution in [-0.4, -0.2) is 62.1 Å². The van der Waals surface area contributed by atoms with Crippen molar-refractivity contribution in [2.45, 2.75) is 19.8 Å². The van der Waals surface area contributed by atoms with Crippen LogP contribution in [-0.2, 0) is 4.79 Å². The number of nitrogens with two attached hydrogens (primary N) is 1. The minimum Gasteiger partial charge on any atom is -0.507 e. The van der Waals surface area contributed by atoms with Gasteiger partial charge in [-0.25, -0.2) is 6.57 Å². The van der Waals surface area contributed by atoms with Gasteiger partial charge in [-0.3, -0.25) is 9.59 Å². The highest BCUT2D eigenvalue weighted by atomic mass is 79.9. The maximum atomic E-state index is 12.5. The number of ketones is 1. The number of aromatic amines is 2. The van der Waals surface area contributed by atoms with Crippen molar-refractivity contribution < 1.29 is 38.4 Å². The van der Waals surface area contributed by atoms with E-state index in [2.05, 4.69) is 46.7 Å². The Hall–Kier alpha value is -5.91. The van der Waals surface area contributed by atoms with Gasteiger partial charge in [0.15, 0.2) is 34.7 Å². The second-order valence-electron chi connectivity index (χ2n) is 11.6. The molecule has 1 aliphatic rings. The van der Waals surface area contributed by atoms with Crippen molar-refractivity contribution in [1.82, 2.24) is 9.97 Å². The molecule has 4 aromatic carbocycles. The molecule has 14 heteroatoms. The molecule has 0 saturated carbocycles. The van der Waals surface area contributed by atoms with Crippen LogP contribution in [0.3, 0.4) is 0 Å². The lowest BCUT2D eigenvalue weighted by molar-refractivity contribution is -0.114. The normalized spacial score (nSPS) is 12.6. The molecule has 0 fully saturated rings. The van der Waals surface area contributed by atoms with Gasteiger partial charge < -0.3 is 49.3 Å². The van der Waals surface area contributed by atoms with Gasteiger partial charge in [-0.15, -0.1) is 0 Å². The smallest absolute Gasteiger partial charge is 0.211 e. The van der Waals surface area contributed by atoms with Crippen LogP contribution in [0.4, 0.5) is 0 Å². The summed E-state index contributed by atoms with van der Waals surface area (Å²) < 4.78 is 28.4. The standard InChI is InChI=1S/C21H19BrN2O4.C9H9BrO3.C8H7NO.C3H5N/c1-10(25)17-18(11-8-14(22)20(27-3)16(9-11)26-2)13-4-5-15-12(6-7-24-15)19(13)28-21(17)23;1-12-8-4-6(5-11)3-7(10)9(8)13-2;10-8-3-1-2-7-6(8)4-5-9-7;1-3-4-2/h4-9,18,24H,23H2,1-3H3;3-5H,1-2H3;1-5,9-10H;3H2,1H3. The van der Waals surface area contributed by atoms with E-state index in [4.69, 9.17) is 36.0 Å². The summed E-state index contributed by atoms with van der Waals surface area (Å²) in [7, 11) is 6.22. The Balaban J connectivity index is 0.000000204. The maximum absolute atomic E-state index is 12.5. The van der Waals surface area contributed by atoms with Gasteiger partial charge in [0.05, 0.1) is 43.0 Å². The summed E-state index contributed by atoms with van der Waals surface area (Å²) in [5.41, 5.74) is 10.8. The topological polar surface area (TPSA) is 162 Å². The van der Waals surface area contributed by atoms with Crippen molar-refractivity contribution in [2.24, 2.45) is 5.73 Å². The minimum atomic E-state index is -0.392. The Bertz CT molecular complexity index is 2380. The predicted octanol–water partition coefficient (Wildman–Crippen LogP) is 9.31. The summed E-state index contributed by atoms with van der Waals surface area (Å²) in [6.45, 7) is 10.0. The van der Waals surface area contributed by atoms with Crippen molar-refractivity contribution in [1.29, 1.82) is 0 Å². The third-order valence-corrected chi connectivity index (χ3v) is 9.46. The lowest BCUT2D eigenvalue weighted by atomic mass is 9.81. The van der Waals surface area contributed by atoms with Crippen LogP contribution in [0.5, 0.6) is 34.5 Å². The first-order valence-corrected chi connectivity index (χ1v) is 18.2. The number of rotatable bonds is 7. The van der Waals surface area contributed by atoms with E-state index in [1.807, 2.05) is 67.8 Å².